The molecule has 0 saturated heterocycles. The molecule has 27 heavy (non-hydrogen) atoms. The second kappa shape index (κ2) is 10.1. The molecule has 0 aliphatic carbocycles. The number of benzene rings is 3. The predicted molar refractivity (Wildman–Crippen MR) is 113 cm³/mol. The molecule has 140 valence electrons. The predicted octanol–water partition coefficient (Wildman–Crippen LogP) is 6.03. The molecular formula is C24H26ClNO. The normalized spacial score (nSPS) is 11.9. The molecule has 0 radical (unpaired) electrons. The highest BCUT2D eigenvalue weighted by Crippen LogP contribution is 2.17. The Morgan fingerprint density at radius 2 is 1.59 bits per heavy atom. The number of hydrogen-bond acceptors (Lipinski definition) is 2. The maximum absolute atomic E-state index is 6.02. The Balaban J connectivity index is 1.45. The van der Waals surface area contributed by atoms with Crippen molar-refractivity contribution in [3.8, 4) is 5.75 Å². The van der Waals surface area contributed by atoms with Crippen molar-refractivity contribution in [2.75, 3.05) is 0 Å². The van der Waals surface area contributed by atoms with E-state index in [0.29, 0.717) is 12.6 Å². The summed E-state index contributed by atoms with van der Waals surface area (Å²) in [7, 11) is 0. The van der Waals surface area contributed by atoms with Gasteiger partial charge in [-0.15, -0.1) is 0 Å². The van der Waals surface area contributed by atoms with Gasteiger partial charge in [0, 0.05) is 17.6 Å². The first-order valence-electron chi connectivity index (χ1n) is 9.42. The van der Waals surface area contributed by atoms with E-state index in [9.17, 15) is 0 Å². The van der Waals surface area contributed by atoms with Gasteiger partial charge in [0.2, 0.25) is 0 Å². The van der Waals surface area contributed by atoms with Crippen LogP contribution in [0.4, 0.5) is 0 Å². The Labute approximate surface area is 167 Å². The highest BCUT2D eigenvalue weighted by molar-refractivity contribution is 6.30. The van der Waals surface area contributed by atoms with Gasteiger partial charge >= 0.3 is 0 Å². The van der Waals surface area contributed by atoms with Crippen molar-refractivity contribution >= 4 is 11.6 Å². The molecule has 3 aromatic rings. The van der Waals surface area contributed by atoms with Crippen molar-refractivity contribution in [1.82, 2.24) is 5.32 Å². The van der Waals surface area contributed by atoms with E-state index in [1.54, 1.807) is 0 Å². The zero-order valence-corrected chi connectivity index (χ0v) is 16.5. The molecule has 0 bridgehead atoms. The van der Waals surface area contributed by atoms with Crippen molar-refractivity contribution in [2.24, 2.45) is 0 Å². The van der Waals surface area contributed by atoms with Crippen molar-refractivity contribution in [2.45, 2.75) is 39.0 Å². The van der Waals surface area contributed by atoms with Crippen LogP contribution >= 0.6 is 11.6 Å². The average Bonchev–Trinajstić information content (AvgIpc) is 2.70. The molecule has 3 heteroatoms. The highest BCUT2D eigenvalue weighted by Gasteiger charge is 2.04. The first-order valence-corrected chi connectivity index (χ1v) is 9.80. The Kier molecular flexibility index (Phi) is 7.32. The van der Waals surface area contributed by atoms with Crippen molar-refractivity contribution in [1.29, 1.82) is 0 Å². The van der Waals surface area contributed by atoms with Crippen LogP contribution in [0, 0.1) is 0 Å². The molecular weight excluding hydrogens is 354 g/mol. The molecule has 0 fully saturated rings. The molecule has 0 aliphatic heterocycles. The molecule has 3 rings (SSSR count). The fraction of sp³-hybridized carbons (Fsp3) is 0.250. The Bertz CT molecular complexity index is 835. The third-order valence-corrected chi connectivity index (χ3v) is 4.79. The second-order valence-electron chi connectivity index (χ2n) is 6.87. The minimum absolute atomic E-state index is 0.459. The molecule has 0 spiro atoms. The van der Waals surface area contributed by atoms with Gasteiger partial charge in [-0.25, -0.2) is 0 Å². The van der Waals surface area contributed by atoms with Crippen LogP contribution in [0.15, 0.2) is 78.9 Å². The molecule has 0 saturated carbocycles. The molecule has 0 unspecified atom stereocenters. The van der Waals surface area contributed by atoms with Crippen molar-refractivity contribution in [3.63, 3.8) is 0 Å². The number of halogens is 1. The van der Waals surface area contributed by atoms with Gasteiger partial charge in [-0.05, 0) is 60.7 Å². The van der Waals surface area contributed by atoms with Crippen LogP contribution in [0.3, 0.4) is 0 Å². The lowest BCUT2D eigenvalue weighted by Crippen LogP contribution is -2.25. The monoisotopic (exact) mass is 379 g/mol. The lowest BCUT2D eigenvalue weighted by Gasteiger charge is -2.14. The Hall–Kier alpha value is -2.29. The largest absolute Gasteiger partial charge is 0.489 e. The van der Waals surface area contributed by atoms with Gasteiger partial charge in [0.15, 0.2) is 0 Å². The lowest BCUT2D eigenvalue weighted by atomic mass is 10.1. The SMILES string of the molecule is C[C@H](CCc1ccccc1)NCc1cccc(OCc2cccc(Cl)c2)c1. The summed E-state index contributed by atoms with van der Waals surface area (Å²) in [6, 6.07) is 27.1. The smallest absolute Gasteiger partial charge is 0.120 e. The second-order valence-corrected chi connectivity index (χ2v) is 7.31. The van der Waals surface area contributed by atoms with E-state index in [2.05, 4.69) is 54.7 Å². The third kappa shape index (κ3) is 6.74. The summed E-state index contributed by atoms with van der Waals surface area (Å²) in [6.07, 6.45) is 2.22. The summed E-state index contributed by atoms with van der Waals surface area (Å²) in [4.78, 5) is 0. The van der Waals surface area contributed by atoms with E-state index in [1.807, 2.05) is 36.4 Å². The highest BCUT2D eigenvalue weighted by atomic mass is 35.5. The Morgan fingerprint density at radius 1 is 0.852 bits per heavy atom. The summed E-state index contributed by atoms with van der Waals surface area (Å²) in [5, 5.41) is 4.34. The van der Waals surface area contributed by atoms with E-state index in [1.165, 1.54) is 11.1 Å². The van der Waals surface area contributed by atoms with E-state index in [4.69, 9.17) is 16.3 Å². The zero-order chi connectivity index (χ0) is 18.9. The standard InChI is InChI=1S/C24H26ClNO/c1-19(13-14-20-7-3-2-4-8-20)26-17-21-9-6-12-24(16-21)27-18-22-10-5-11-23(25)15-22/h2-12,15-16,19,26H,13-14,17-18H2,1H3/t19-/m1/s1. The quantitative estimate of drug-likeness (QED) is 0.490. The molecule has 0 amide bonds. The van der Waals surface area contributed by atoms with Crippen LogP contribution in [0.5, 0.6) is 5.75 Å². The van der Waals surface area contributed by atoms with Crippen LogP contribution in [0.2, 0.25) is 5.02 Å². The summed E-state index contributed by atoms with van der Waals surface area (Å²) >= 11 is 6.02. The minimum Gasteiger partial charge on any atom is -0.489 e. The number of hydrogen-bond donors (Lipinski definition) is 1. The number of rotatable bonds is 9. The molecule has 3 aromatic carbocycles. The van der Waals surface area contributed by atoms with E-state index in [0.717, 1.165) is 35.7 Å². The van der Waals surface area contributed by atoms with Crippen molar-refractivity contribution < 1.29 is 4.74 Å². The molecule has 1 atom stereocenters. The number of nitrogens with one attached hydrogen (secondary N) is 1. The lowest BCUT2D eigenvalue weighted by molar-refractivity contribution is 0.306. The van der Waals surface area contributed by atoms with Gasteiger partial charge in [0.1, 0.15) is 12.4 Å². The van der Waals surface area contributed by atoms with Crippen molar-refractivity contribution in [3.05, 3.63) is 101 Å². The fourth-order valence-electron chi connectivity index (χ4n) is 2.96. The van der Waals surface area contributed by atoms with Crippen LogP contribution in [0.1, 0.15) is 30.0 Å². The maximum Gasteiger partial charge on any atom is 0.120 e. The maximum atomic E-state index is 6.02. The van der Waals surface area contributed by atoms with Gasteiger partial charge in [-0.1, -0.05) is 66.2 Å². The Morgan fingerprint density at radius 3 is 2.41 bits per heavy atom. The van der Waals surface area contributed by atoms with E-state index < -0.39 is 0 Å². The topological polar surface area (TPSA) is 21.3 Å². The summed E-state index contributed by atoms with van der Waals surface area (Å²) in [5.41, 5.74) is 3.69. The van der Waals surface area contributed by atoms with Gasteiger partial charge in [-0.3, -0.25) is 0 Å². The summed E-state index contributed by atoms with van der Waals surface area (Å²) in [5.74, 6) is 0.881. The molecule has 0 heterocycles. The van der Waals surface area contributed by atoms with Crippen LogP contribution in [-0.2, 0) is 19.6 Å². The molecule has 0 aliphatic rings. The zero-order valence-electron chi connectivity index (χ0n) is 15.7. The minimum atomic E-state index is 0.459. The van der Waals surface area contributed by atoms with Gasteiger partial charge in [0.05, 0.1) is 0 Å². The molecule has 0 aromatic heterocycles. The molecule has 1 N–H and O–H groups in total. The van der Waals surface area contributed by atoms with Crippen LogP contribution in [-0.4, -0.2) is 6.04 Å². The van der Waals surface area contributed by atoms with Crippen LogP contribution in [0.25, 0.3) is 0 Å². The fourth-order valence-corrected chi connectivity index (χ4v) is 3.17. The first kappa shape index (κ1) is 19.5. The number of aryl methyl sites for hydroxylation is 1. The first-order chi connectivity index (χ1) is 13.2. The summed E-state index contributed by atoms with van der Waals surface area (Å²) in [6.45, 7) is 3.59. The van der Waals surface area contributed by atoms with E-state index in [-0.39, 0.29) is 0 Å². The van der Waals surface area contributed by atoms with Crippen LogP contribution < -0.4 is 10.1 Å². The molecule has 2 nitrogen and oxygen atoms in total. The number of ether oxygens (including phenoxy) is 1. The van der Waals surface area contributed by atoms with Gasteiger partial charge < -0.3 is 10.1 Å². The average molecular weight is 380 g/mol. The summed E-state index contributed by atoms with van der Waals surface area (Å²) < 4.78 is 5.91. The van der Waals surface area contributed by atoms with E-state index >= 15 is 0 Å². The van der Waals surface area contributed by atoms with Gasteiger partial charge in [0.25, 0.3) is 0 Å². The third-order valence-electron chi connectivity index (χ3n) is 4.56. The van der Waals surface area contributed by atoms with Gasteiger partial charge in [-0.2, -0.15) is 0 Å².